The van der Waals surface area contributed by atoms with Crippen molar-refractivity contribution in [1.82, 2.24) is 0 Å². The molecule has 4 nitrogen and oxygen atoms in total. The Labute approximate surface area is 117 Å². The molecule has 0 amide bonds. The van der Waals surface area contributed by atoms with Gasteiger partial charge in [-0.05, 0) is 46.6 Å². The monoisotopic (exact) mass is 326 g/mol. The van der Waals surface area contributed by atoms with Crippen LogP contribution in [0.15, 0.2) is 34.8 Å². The Morgan fingerprint density at radius 2 is 2.17 bits per heavy atom. The van der Waals surface area contributed by atoms with Gasteiger partial charge >= 0.3 is 5.00 Å². The normalized spacial score (nSPS) is 10.3. The highest BCUT2D eigenvalue weighted by Gasteiger charge is 2.09. The molecule has 0 saturated heterocycles. The molecule has 2 aromatic rings. The fraction of sp³-hybridized carbons (Fsp3) is 0.167. The number of hydrogen-bond donors (Lipinski definition) is 1. The van der Waals surface area contributed by atoms with Gasteiger partial charge in [-0.25, -0.2) is 0 Å². The fourth-order valence-corrected chi connectivity index (χ4v) is 2.66. The predicted molar refractivity (Wildman–Crippen MR) is 77.2 cm³/mol. The Morgan fingerprint density at radius 3 is 2.83 bits per heavy atom. The summed E-state index contributed by atoms with van der Waals surface area (Å²) in [6, 6.07) is 9.35. The van der Waals surface area contributed by atoms with Crippen molar-refractivity contribution in [3.63, 3.8) is 0 Å². The van der Waals surface area contributed by atoms with Crippen LogP contribution in [0.1, 0.15) is 10.4 Å². The van der Waals surface area contributed by atoms with Crippen molar-refractivity contribution < 1.29 is 4.92 Å². The maximum absolute atomic E-state index is 10.6. The number of nitro groups is 1. The van der Waals surface area contributed by atoms with Crippen LogP contribution in [-0.4, -0.2) is 4.92 Å². The summed E-state index contributed by atoms with van der Waals surface area (Å²) >= 11 is 4.66. The molecule has 0 fully saturated rings. The second kappa shape index (κ2) is 5.49. The number of anilines is 1. The quantitative estimate of drug-likeness (QED) is 0.671. The lowest BCUT2D eigenvalue weighted by atomic mass is 10.2. The van der Waals surface area contributed by atoms with Gasteiger partial charge < -0.3 is 5.32 Å². The first-order chi connectivity index (χ1) is 8.56. The van der Waals surface area contributed by atoms with E-state index in [1.54, 1.807) is 6.07 Å². The number of rotatable bonds is 4. The van der Waals surface area contributed by atoms with Gasteiger partial charge in [-0.2, -0.15) is 0 Å². The van der Waals surface area contributed by atoms with E-state index >= 15 is 0 Å². The van der Waals surface area contributed by atoms with E-state index in [1.165, 1.54) is 17.4 Å². The lowest BCUT2D eigenvalue weighted by molar-refractivity contribution is -0.380. The molecule has 0 aliphatic heterocycles. The number of benzene rings is 1. The third-order valence-corrected chi connectivity index (χ3v) is 4.13. The second-order valence-electron chi connectivity index (χ2n) is 3.83. The number of halogens is 1. The summed E-state index contributed by atoms with van der Waals surface area (Å²) in [6.07, 6.45) is 0. The molecule has 0 bridgehead atoms. The van der Waals surface area contributed by atoms with Crippen molar-refractivity contribution in [2.75, 3.05) is 5.32 Å². The van der Waals surface area contributed by atoms with Gasteiger partial charge in [0.25, 0.3) is 0 Å². The van der Waals surface area contributed by atoms with Gasteiger partial charge in [-0.1, -0.05) is 17.4 Å². The Morgan fingerprint density at radius 1 is 1.39 bits per heavy atom. The molecule has 1 heterocycles. The summed E-state index contributed by atoms with van der Waals surface area (Å²) in [5.41, 5.74) is 2.16. The molecule has 0 aliphatic carbocycles. The van der Waals surface area contributed by atoms with Gasteiger partial charge in [0, 0.05) is 27.6 Å². The number of thiophene rings is 1. The standard InChI is InChI=1S/C12H11BrN2O2S/c1-8-2-4-10(13)11(6-8)14-7-9-3-5-12(18-9)15(16)17/h2-6,14H,7H2,1H3. The van der Waals surface area contributed by atoms with Crippen LogP contribution in [-0.2, 0) is 6.54 Å². The third-order valence-electron chi connectivity index (χ3n) is 2.40. The molecule has 2 rings (SSSR count). The van der Waals surface area contributed by atoms with Crippen LogP contribution in [0.25, 0.3) is 0 Å². The summed E-state index contributed by atoms with van der Waals surface area (Å²) in [5.74, 6) is 0. The number of hydrogen-bond acceptors (Lipinski definition) is 4. The van der Waals surface area contributed by atoms with Crippen LogP contribution in [0.5, 0.6) is 0 Å². The van der Waals surface area contributed by atoms with E-state index in [-0.39, 0.29) is 9.92 Å². The van der Waals surface area contributed by atoms with Crippen molar-refractivity contribution in [2.24, 2.45) is 0 Å². The molecule has 0 atom stereocenters. The van der Waals surface area contributed by atoms with Gasteiger partial charge in [0.1, 0.15) is 0 Å². The van der Waals surface area contributed by atoms with Gasteiger partial charge in [0.2, 0.25) is 0 Å². The van der Waals surface area contributed by atoms with Crippen LogP contribution >= 0.6 is 27.3 Å². The predicted octanol–water partition coefficient (Wildman–Crippen LogP) is 4.34. The summed E-state index contributed by atoms with van der Waals surface area (Å²) in [6.45, 7) is 2.61. The highest BCUT2D eigenvalue weighted by molar-refractivity contribution is 9.10. The van der Waals surface area contributed by atoms with E-state index in [9.17, 15) is 10.1 Å². The highest BCUT2D eigenvalue weighted by atomic mass is 79.9. The molecule has 1 N–H and O–H groups in total. The Hall–Kier alpha value is -1.40. The molecular formula is C12H11BrN2O2S. The van der Waals surface area contributed by atoms with Crippen molar-refractivity contribution in [2.45, 2.75) is 13.5 Å². The van der Waals surface area contributed by atoms with E-state index in [4.69, 9.17) is 0 Å². The zero-order valence-corrected chi connectivity index (χ0v) is 12.0. The zero-order chi connectivity index (χ0) is 13.1. The Bertz CT molecular complexity index is 583. The molecule has 6 heteroatoms. The summed E-state index contributed by atoms with van der Waals surface area (Å²) in [5, 5.41) is 14.0. The van der Waals surface area contributed by atoms with Crippen LogP contribution in [0, 0.1) is 17.0 Å². The number of aryl methyl sites for hydroxylation is 1. The second-order valence-corrected chi connectivity index (χ2v) is 5.84. The molecular weight excluding hydrogens is 316 g/mol. The van der Waals surface area contributed by atoms with Gasteiger partial charge in [0.15, 0.2) is 0 Å². The highest BCUT2D eigenvalue weighted by Crippen LogP contribution is 2.27. The number of nitrogens with zero attached hydrogens (tertiary/aromatic N) is 1. The van der Waals surface area contributed by atoms with Crippen molar-refractivity contribution >= 4 is 38.0 Å². The molecule has 1 aromatic heterocycles. The average Bonchev–Trinajstić information content (AvgIpc) is 2.79. The molecule has 18 heavy (non-hydrogen) atoms. The average molecular weight is 327 g/mol. The van der Waals surface area contributed by atoms with Crippen molar-refractivity contribution in [1.29, 1.82) is 0 Å². The maximum Gasteiger partial charge on any atom is 0.324 e. The fourth-order valence-electron chi connectivity index (χ4n) is 1.52. The van der Waals surface area contributed by atoms with E-state index in [2.05, 4.69) is 21.2 Å². The largest absolute Gasteiger partial charge is 0.379 e. The topological polar surface area (TPSA) is 55.2 Å². The van der Waals surface area contributed by atoms with Crippen LogP contribution in [0.4, 0.5) is 10.7 Å². The van der Waals surface area contributed by atoms with E-state index in [0.29, 0.717) is 6.54 Å². The van der Waals surface area contributed by atoms with Gasteiger partial charge in [-0.3, -0.25) is 10.1 Å². The number of nitrogens with one attached hydrogen (secondary N) is 1. The van der Waals surface area contributed by atoms with E-state index < -0.39 is 0 Å². The first-order valence-electron chi connectivity index (χ1n) is 5.29. The van der Waals surface area contributed by atoms with Gasteiger partial charge in [-0.15, -0.1) is 0 Å². The molecule has 0 radical (unpaired) electrons. The SMILES string of the molecule is Cc1ccc(Br)c(NCc2ccc([N+](=O)[O-])s2)c1. The molecule has 94 valence electrons. The first-order valence-corrected chi connectivity index (χ1v) is 6.90. The molecule has 1 aromatic carbocycles. The maximum atomic E-state index is 10.6. The summed E-state index contributed by atoms with van der Waals surface area (Å²) < 4.78 is 0.985. The Kier molecular flexibility index (Phi) is 3.98. The van der Waals surface area contributed by atoms with Gasteiger partial charge in [0.05, 0.1) is 4.92 Å². The minimum absolute atomic E-state index is 0.176. The summed E-state index contributed by atoms with van der Waals surface area (Å²) in [7, 11) is 0. The summed E-state index contributed by atoms with van der Waals surface area (Å²) in [4.78, 5) is 11.2. The van der Waals surface area contributed by atoms with E-state index in [0.717, 1.165) is 20.6 Å². The molecule has 0 unspecified atom stereocenters. The van der Waals surface area contributed by atoms with Crippen LogP contribution in [0.3, 0.4) is 0 Å². The van der Waals surface area contributed by atoms with Crippen molar-refractivity contribution in [3.8, 4) is 0 Å². The molecule has 0 spiro atoms. The minimum Gasteiger partial charge on any atom is -0.379 e. The lowest BCUT2D eigenvalue weighted by Crippen LogP contribution is -1.98. The van der Waals surface area contributed by atoms with Crippen LogP contribution in [0.2, 0.25) is 0 Å². The lowest BCUT2D eigenvalue weighted by Gasteiger charge is -2.08. The van der Waals surface area contributed by atoms with Crippen molar-refractivity contribution in [3.05, 3.63) is 55.4 Å². The zero-order valence-electron chi connectivity index (χ0n) is 9.64. The van der Waals surface area contributed by atoms with Crippen LogP contribution < -0.4 is 5.32 Å². The molecule has 0 aliphatic rings. The van der Waals surface area contributed by atoms with E-state index in [1.807, 2.05) is 25.1 Å². The minimum atomic E-state index is -0.364. The third kappa shape index (κ3) is 3.08. The smallest absolute Gasteiger partial charge is 0.324 e. The Balaban J connectivity index is 2.06. The molecule has 0 saturated carbocycles. The first kappa shape index (κ1) is 13.0.